The minimum absolute atomic E-state index is 0.0251. The van der Waals surface area contributed by atoms with Gasteiger partial charge < -0.3 is 10.2 Å². The van der Waals surface area contributed by atoms with Crippen LogP contribution in [-0.2, 0) is 0 Å². The van der Waals surface area contributed by atoms with Gasteiger partial charge in [0.1, 0.15) is 11.5 Å². The molecule has 3 heterocycles. The van der Waals surface area contributed by atoms with E-state index in [0.717, 1.165) is 22.3 Å². The number of aryl methyl sites for hydroxylation is 1. The quantitative estimate of drug-likeness (QED) is 0.586. The lowest BCUT2D eigenvalue weighted by Crippen LogP contribution is -2.40. The van der Waals surface area contributed by atoms with E-state index in [4.69, 9.17) is 0 Å². The van der Waals surface area contributed by atoms with Crippen molar-refractivity contribution in [1.82, 2.24) is 19.9 Å². The molecule has 1 saturated heterocycles. The Morgan fingerprint density at radius 1 is 1.38 bits per heavy atom. The first-order chi connectivity index (χ1) is 14.0. The maximum Gasteiger partial charge on any atom is 0.274 e. The van der Waals surface area contributed by atoms with Gasteiger partial charge in [0.2, 0.25) is 5.95 Å². The fraction of sp³-hybridized carbons (Fsp3) is 0.300. The van der Waals surface area contributed by atoms with Crippen molar-refractivity contribution in [2.75, 3.05) is 18.4 Å². The zero-order valence-corrected chi connectivity index (χ0v) is 18.1. The third-order valence-electron chi connectivity index (χ3n) is 4.78. The number of rotatable bonds is 5. The third kappa shape index (κ3) is 4.45. The molecule has 6 nitrogen and oxygen atoms in total. The van der Waals surface area contributed by atoms with E-state index >= 15 is 0 Å². The molecule has 1 aliphatic heterocycles. The van der Waals surface area contributed by atoms with Crippen molar-refractivity contribution in [1.29, 1.82) is 0 Å². The van der Waals surface area contributed by atoms with E-state index in [1.807, 2.05) is 11.8 Å². The molecule has 1 unspecified atom stereocenters. The monoisotopic (exact) mass is 475 g/mol. The molecular weight excluding hydrogens is 457 g/mol. The van der Waals surface area contributed by atoms with E-state index in [1.54, 1.807) is 24.5 Å². The standard InChI is InChI=1S/C20H19BrFN5OS/c1-12-26-17(18(29-12)13-4-2-5-15(22)8-13)19(28)27-7-3-6-16(27)11-25-20-23-9-14(21)10-24-20/h2,4-5,8-10,16H,3,6-7,11H2,1H3,(H,23,24,25). The Balaban J connectivity index is 1.53. The smallest absolute Gasteiger partial charge is 0.274 e. The van der Waals surface area contributed by atoms with Crippen molar-refractivity contribution in [2.24, 2.45) is 0 Å². The Kier molecular flexibility index (Phi) is 5.86. The van der Waals surface area contributed by atoms with Crippen LogP contribution >= 0.6 is 27.3 Å². The molecule has 3 aromatic rings. The van der Waals surface area contributed by atoms with Crippen LogP contribution < -0.4 is 5.32 Å². The summed E-state index contributed by atoms with van der Waals surface area (Å²) in [5.41, 5.74) is 1.07. The first kappa shape index (κ1) is 19.9. The molecule has 0 radical (unpaired) electrons. The highest BCUT2D eigenvalue weighted by Crippen LogP contribution is 2.32. The zero-order valence-electron chi connectivity index (χ0n) is 15.7. The van der Waals surface area contributed by atoms with Crippen molar-refractivity contribution in [3.05, 3.63) is 57.7 Å². The predicted octanol–water partition coefficient (Wildman–Crippen LogP) is 4.53. The van der Waals surface area contributed by atoms with Gasteiger partial charge in [-0.05, 0) is 53.4 Å². The number of aromatic nitrogens is 3. The van der Waals surface area contributed by atoms with Crippen molar-refractivity contribution >= 4 is 39.1 Å². The second-order valence-electron chi connectivity index (χ2n) is 6.82. The van der Waals surface area contributed by atoms with Gasteiger partial charge in [-0.15, -0.1) is 11.3 Å². The SMILES string of the molecule is Cc1nc(C(=O)N2CCCC2CNc2ncc(Br)cn2)c(-c2cccc(F)c2)s1. The molecular formula is C20H19BrFN5OS. The molecule has 0 spiro atoms. The molecule has 1 aliphatic rings. The van der Waals surface area contributed by atoms with Crippen LogP contribution in [0.3, 0.4) is 0 Å². The Morgan fingerprint density at radius 2 is 2.17 bits per heavy atom. The molecule has 1 N–H and O–H groups in total. The van der Waals surface area contributed by atoms with Gasteiger partial charge in [0.05, 0.1) is 14.4 Å². The average Bonchev–Trinajstić information content (AvgIpc) is 3.33. The highest BCUT2D eigenvalue weighted by atomic mass is 79.9. The summed E-state index contributed by atoms with van der Waals surface area (Å²) in [5.74, 6) is 0.0804. The van der Waals surface area contributed by atoms with Crippen LogP contribution in [0, 0.1) is 12.7 Å². The maximum atomic E-state index is 13.7. The van der Waals surface area contributed by atoms with Gasteiger partial charge >= 0.3 is 0 Å². The summed E-state index contributed by atoms with van der Waals surface area (Å²) in [6, 6.07) is 6.32. The van der Waals surface area contributed by atoms with E-state index in [2.05, 4.69) is 36.2 Å². The molecule has 150 valence electrons. The molecule has 0 aliphatic carbocycles. The lowest BCUT2D eigenvalue weighted by Gasteiger charge is -2.24. The number of carbonyl (C=O) groups excluding carboxylic acids is 1. The van der Waals surface area contributed by atoms with Gasteiger partial charge in [-0.1, -0.05) is 12.1 Å². The lowest BCUT2D eigenvalue weighted by atomic mass is 10.1. The molecule has 0 saturated carbocycles. The molecule has 0 bridgehead atoms. The van der Waals surface area contributed by atoms with Gasteiger partial charge in [0.25, 0.3) is 5.91 Å². The van der Waals surface area contributed by atoms with E-state index in [-0.39, 0.29) is 17.8 Å². The number of halogens is 2. The van der Waals surface area contributed by atoms with E-state index in [0.29, 0.717) is 35.2 Å². The fourth-order valence-corrected chi connectivity index (χ4v) is 4.57. The normalized spacial score (nSPS) is 16.2. The Hall–Kier alpha value is -2.39. The van der Waals surface area contributed by atoms with Crippen molar-refractivity contribution < 1.29 is 9.18 Å². The Morgan fingerprint density at radius 3 is 2.93 bits per heavy atom. The summed E-state index contributed by atoms with van der Waals surface area (Å²) < 4.78 is 14.5. The number of benzene rings is 1. The van der Waals surface area contributed by atoms with Crippen molar-refractivity contribution in [3.8, 4) is 10.4 Å². The van der Waals surface area contributed by atoms with Crippen molar-refractivity contribution in [3.63, 3.8) is 0 Å². The topological polar surface area (TPSA) is 71.0 Å². The fourth-order valence-electron chi connectivity index (χ4n) is 3.46. The summed E-state index contributed by atoms with van der Waals surface area (Å²) in [7, 11) is 0. The van der Waals surface area contributed by atoms with E-state index < -0.39 is 0 Å². The van der Waals surface area contributed by atoms with Crippen LogP contribution in [0.2, 0.25) is 0 Å². The highest BCUT2D eigenvalue weighted by molar-refractivity contribution is 9.10. The molecule has 1 fully saturated rings. The number of likely N-dealkylation sites (tertiary alicyclic amines) is 1. The molecule has 2 aromatic heterocycles. The molecule has 1 amide bonds. The van der Waals surface area contributed by atoms with Gasteiger partial charge in [-0.3, -0.25) is 4.79 Å². The molecule has 9 heteroatoms. The number of hydrogen-bond acceptors (Lipinski definition) is 6. The minimum Gasteiger partial charge on any atom is -0.352 e. The number of hydrogen-bond donors (Lipinski definition) is 1. The van der Waals surface area contributed by atoms with Crippen LogP contribution in [0.4, 0.5) is 10.3 Å². The number of thiazole rings is 1. The first-order valence-corrected chi connectivity index (χ1v) is 10.9. The van der Waals surface area contributed by atoms with Crippen LogP contribution in [0.15, 0.2) is 41.1 Å². The van der Waals surface area contributed by atoms with Gasteiger partial charge in [-0.2, -0.15) is 0 Å². The third-order valence-corrected chi connectivity index (χ3v) is 6.21. The number of nitrogens with zero attached hydrogens (tertiary/aromatic N) is 4. The maximum absolute atomic E-state index is 13.7. The molecule has 1 atom stereocenters. The van der Waals surface area contributed by atoms with Gasteiger partial charge in [-0.25, -0.2) is 19.3 Å². The minimum atomic E-state index is -0.329. The van der Waals surface area contributed by atoms with Gasteiger partial charge in [0, 0.05) is 31.5 Å². The van der Waals surface area contributed by atoms with Crippen LogP contribution in [0.1, 0.15) is 28.3 Å². The summed E-state index contributed by atoms with van der Waals surface area (Å²) >= 11 is 4.73. The second-order valence-corrected chi connectivity index (χ2v) is 8.94. The largest absolute Gasteiger partial charge is 0.352 e. The van der Waals surface area contributed by atoms with Crippen LogP contribution in [0.5, 0.6) is 0 Å². The zero-order chi connectivity index (χ0) is 20.4. The molecule has 4 rings (SSSR count). The molecule has 1 aromatic carbocycles. The highest BCUT2D eigenvalue weighted by Gasteiger charge is 2.32. The summed E-state index contributed by atoms with van der Waals surface area (Å²) in [6.45, 7) is 3.09. The lowest BCUT2D eigenvalue weighted by molar-refractivity contribution is 0.0739. The second kappa shape index (κ2) is 8.54. The number of amides is 1. The molecule has 29 heavy (non-hydrogen) atoms. The Bertz CT molecular complexity index is 1030. The average molecular weight is 476 g/mol. The predicted molar refractivity (Wildman–Crippen MR) is 115 cm³/mol. The summed E-state index contributed by atoms with van der Waals surface area (Å²) in [4.78, 5) is 28.8. The summed E-state index contributed by atoms with van der Waals surface area (Å²) in [6.07, 6.45) is 5.18. The van der Waals surface area contributed by atoms with Crippen LogP contribution in [-0.4, -0.2) is 44.9 Å². The number of anilines is 1. The van der Waals surface area contributed by atoms with Crippen molar-refractivity contribution in [2.45, 2.75) is 25.8 Å². The van der Waals surface area contributed by atoms with Crippen LogP contribution in [0.25, 0.3) is 10.4 Å². The van der Waals surface area contributed by atoms with E-state index in [1.165, 1.54) is 23.5 Å². The van der Waals surface area contributed by atoms with E-state index in [9.17, 15) is 9.18 Å². The number of nitrogens with one attached hydrogen (secondary N) is 1. The number of carbonyl (C=O) groups is 1. The van der Waals surface area contributed by atoms with Gasteiger partial charge in [0.15, 0.2) is 0 Å². The Labute approximate surface area is 180 Å². The summed E-state index contributed by atoms with van der Waals surface area (Å²) in [5, 5.41) is 3.99. The first-order valence-electron chi connectivity index (χ1n) is 9.27.